The number of nitrogens with one attached hydrogen (secondary N) is 2. The third-order valence-corrected chi connectivity index (χ3v) is 6.33. The molecule has 0 saturated heterocycles. The number of nitrogens with zero attached hydrogens (tertiary/aromatic N) is 1. The predicted octanol–water partition coefficient (Wildman–Crippen LogP) is 4.91. The minimum Gasteiger partial charge on any atom is -0.444 e. The van der Waals surface area contributed by atoms with E-state index in [2.05, 4.69) is 17.6 Å². The Labute approximate surface area is 234 Å². The Hall–Kier alpha value is -3.10. The van der Waals surface area contributed by atoms with Gasteiger partial charge >= 0.3 is 6.09 Å². The van der Waals surface area contributed by atoms with Crippen LogP contribution in [0.25, 0.3) is 0 Å². The molecular weight excluding hydrogens is 496 g/mol. The van der Waals surface area contributed by atoms with Gasteiger partial charge < -0.3 is 26.0 Å². The summed E-state index contributed by atoms with van der Waals surface area (Å²) in [6.45, 7) is 13.4. The average Bonchev–Trinajstić information content (AvgIpc) is 2.81. The van der Waals surface area contributed by atoms with Gasteiger partial charge in [-0.25, -0.2) is 4.79 Å². The summed E-state index contributed by atoms with van der Waals surface area (Å²) in [5.74, 6) is -1.61. The number of rotatable bonds is 16. The van der Waals surface area contributed by atoms with Crippen molar-refractivity contribution in [1.29, 1.82) is 0 Å². The number of carbonyl (C=O) groups excluding carboxylic acids is 4. The molecule has 0 fully saturated rings. The molecule has 1 aromatic rings. The maximum Gasteiger partial charge on any atom is 0.408 e. The fourth-order valence-corrected chi connectivity index (χ4v) is 4.47. The summed E-state index contributed by atoms with van der Waals surface area (Å²) in [6.07, 6.45) is 5.15. The number of primary amides is 1. The van der Waals surface area contributed by atoms with E-state index in [1.807, 2.05) is 45.0 Å². The van der Waals surface area contributed by atoms with E-state index < -0.39 is 42.0 Å². The fraction of sp³-hybridized carbons (Fsp3) is 0.667. The summed E-state index contributed by atoms with van der Waals surface area (Å²) < 4.78 is 5.34. The fourth-order valence-electron chi connectivity index (χ4n) is 4.47. The zero-order chi connectivity index (χ0) is 29.6. The molecule has 39 heavy (non-hydrogen) atoms. The molecule has 0 aliphatic heterocycles. The first kappa shape index (κ1) is 33.9. The van der Waals surface area contributed by atoms with Gasteiger partial charge in [-0.2, -0.15) is 0 Å². The van der Waals surface area contributed by atoms with Crippen LogP contribution in [-0.4, -0.2) is 52.9 Å². The first-order chi connectivity index (χ1) is 18.3. The Balaban J connectivity index is 3.51. The number of benzene rings is 1. The Morgan fingerprint density at radius 2 is 1.62 bits per heavy atom. The van der Waals surface area contributed by atoms with Gasteiger partial charge in [0.25, 0.3) is 0 Å². The zero-order valence-electron chi connectivity index (χ0n) is 25.0. The number of alkyl carbamates (subject to hydrolysis) is 1. The van der Waals surface area contributed by atoms with Crippen molar-refractivity contribution in [3.8, 4) is 0 Å². The Morgan fingerprint density at radius 1 is 0.974 bits per heavy atom. The van der Waals surface area contributed by atoms with E-state index in [0.717, 1.165) is 44.1 Å². The molecule has 0 spiro atoms. The average molecular weight is 547 g/mol. The molecule has 0 aliphatic carbocycles. The zero-order valence-corrected chi connectivity index (χ0v) is 25.0. The van der Waals surface area contributed by atoms with Crippen molar-refractivity contribution in [2.75, 3.05) is 6.54 Å². The Bertz CT molecular complexity index is 944. The standard InChI is InChI=1S/C30H50N4O5/c1-8-10-11-12-15-19-34(28(37)24(20-25(31)35)33-29(38)39-30(5,6)7)26(23-18-14-13-17-21(23)3)27(36)32-22(4)16-9-2/h13-14,17-18,22,24,26H,8-12,15-16,19-20H2,1-7H3,(H2,31,35)(H,32,36)(H,33,38). The molecule has 0 heterocycles. The summed E-state index contributed by atoms with van der Waals surface area (Å²) >= 11 is 0. The van der Waals surface area contributed by atoms with Crippen LogP contribution < -0.4 is 16.4 Å². The SMILES string of the molecule is CCCCCCCN(C(=O)C(CC(N)=O)NC(=O)OC(C)(C)C)C(C(=O)NC(C)CCC)c1ccccc1C. The minimum atomic E-state index is -1.28. The van der Waals surface area contributed by atoms with Crippen molar-refractivity contribution in [3.05, 3.63) is 35.4 Å². The molecule has 1 rings (SSSR count). The maximum atomic E-state index is 14.1. The monoisotopic (exact) mass is 546 g/mol. The summed E-state index contributed by atoms with van der Waals surface area (Å²) in [5.41, 5.74) is 6.22. The summed E-state index contributed by atoms with van der Waals surface area (Å²) in [6, 6.07) is 5.14. The van der Waals surface area contributed by atoms with Gasteiger partial charge in [-0.1, -0.05) is 70.2 Å². The van der Waals surface area contributed by atoms with E-state index in [9.17, 15) is 19.2 Å². The summed E-state index contributed by atoms with van der Waals surface area (Å²) in [5, 5.41) is 5.60. The van der Waals surface area contributed by atoms with Gasteiger partial charge in [0.15, 0.2) is 0 Å². The number of nitrogens with two attached hydrogens (primary N) is 1. The minimum absolute atomic E-state index is 0.0863. The lowest BCUT2D eigenvalue weighted by molar-refractivity contribution is -0.143. The lowest BCUT2D eigenvalue weighted by atomic mass is 9.97. The predicted molar refractivity (Wildman–Crippen MR) is 154 cm³/mol. The van der Waals surface area contributed by atoms with E-state index in [1.54, 1.807) is 20.8 Å². The van der Waals surface area contributed by atoms with E-state index in [4.69, 9.17) is 10.5 Å². The third-order valence-electron chi connectivity index (χ3n) is 6.33. The van der Waals surface area contributed by atoms with Gasteiger partial charge in [-0.3, -0.25) is 14.4 Å². The van der Waals surface area contributed by atoms with E-state index >= 15 is 0 Å². The lowest BCUT2D eigenvalue weighted by Crippen LogP contribution is -2.54. The smallest absolute Gasteiger partial charge is 0.408 e. The number of hydrogen-bond donors (Lipinski definition) is 3. The number of carbonyl (C=O) groups is 4. The van der Waals surface area contributed by atoms with Crippen molar-refractivity contribution in [2.45, 2.75) is 124 Å². The van der Waals surface area contributed by atoms with E-state index in [0.29, 0.717) is 12.0 Å². The van der Waals surface area contributed by atoms with Crippen LogP contribution in [0.3, 0.4) is 0 Å². The summed E-state index contributed by atoms with van der Waals surface area (Å²) in [7, 11) is 0. The van der Waals surface area contributed by atoms with Gasteiger partial charge in [0.05, 0.1) is 6.42 Å². The van der Waals surface area contributed by atoms with Crippen molar-refractivity contribution in [1.82, 2.24) is 15.5 Å². The highest BCUT2D eigenvalue weighted by Gasteiger charge is 2.37. The second-order valence-electron chi connectivity index (χ2n) is 11.3. The molecule has 0 bridgehead atoms. The molecule has 3 atom stereocenters. The number of amides is 4. The van der Waals surface area contributed by atoms with Crippen LogP contribution in [-0.2, 0) is 19.1 Å². The molecule has 4 amide bonds. The maximum absolute atomic E-state index is 14.1. The number of unbranched alkanes of at least 4 members (excludes halogenated alkanes) is 4. The first-order valence-corrected chi connectivity index (χ1v) is 14.2. The van der Waals surface area contributed by atoms with E-state index in [-0.39, 0.29) is 18.5 Å². The highest BCUT2D eigenvalue weighted by atomic mass is 16.6. The number of ether oxygens (including phenoxy) is 1. The van der Waals surface area contributed by atoms with Crippen LogP contribution in [0, 0.1) is 6.92 Å². The largest absolute Gasteiger partial charge is 0.444 e. The first-order valence-electron chi connectivity index (χ1n) is 14.2. The lowest BCUT2D eigenvalue weighted by Gasteiger charge is -2.35. The molecule has 9 heteroatoms. The molecule has 1 aromatic carbocycles. The third kappa shape index (κ3) is 12.5. The van der Waals surface area contributed by atoms with Crippen molar-refractivity contribution < 1.29 is 23.9 Å². The second kappa shape index (κ2) is 16.8. The Morgan fingerprint density at radius 3 is 2.18 bits per heavy atom. The van der Waals surface area contributed by atoms with E-state index in [1.165, 1.54) is 4.90 Å². The van der Waals surface area contributed by atoms with Crippen molar-refractivity contribution >= 4 is 23.8 Å². The number of hydrogen-bond acceptors (Lipinski definition) is 5. The molecule has 0 aliphatic rings. The van der Waals surface area contributed by atoms with Crippen LogP contribution in [0.15, 0.2) is 24.3 Å². The van der Waals surface area contributed by atoms with Crippen LogP contribution in [0.2, 0.25) is 0 Å². The molecule has 0 radical (unpaired) electrons. The molecule has 3 unspecified atom stereocenters. The topological polar surface area (TPSA) is 131 Å². The van der Waals surface area contributed by atoms with Gasteiger partial charge in [0, 0.05) is 12.6 Å². The molecule has 0 aromatic heterocycles. The van der Waals surface area contributed by atoms with Gasteiger partial charge in [-0.05, 0) is 58.6 Å². The van der Waals surface area contributed by atoms with Crippen LogP contribution in [0.5, 0.6) is 0 Å². The number of aryl methyl sites for hydroxylation is 1. The summed E-state index contributed by atoms with van der Waals surface area (Å²) in [4.78, 5) is 54.0. The van der Waals surface area contributed by atoms with Crippen molar-refractivity contribution in [2.24, 2.45) is 5.73 Å². The molecular formula is C30H50N4O5. The molecule has 9 nitrogen and oxygen atoms in total. The van der Waals surface area contributed by atoms with Gasteiger partial charge in [-0.15, -0.1) is 0 Å². The van der Waals surface area contributed by atoms with Crippen LogP contribution in [0.4, 0.5) is 4.79 Å². The molecule has 0 saturated carbocycles. The van der Waals surface area contributed by atoms with Crippen LogP contribution in [0.1, 0.15) is 110 Å². The molecule has 4 N–H and O–H groups in total. The normalized spacial score (nSPS) is 13.6. The highest BCUT2D eigenvalue weighted by molar-refractivity contribution is 5.94. The van der Waals surface area contributed by atoms with Crippen LogP contribution >= 0.6 is 0 Å². The van der Waals surface area contributed by atoms with Crippen molar-refractivity contribution in [3.63, 3.8) is 0 Å². The molecule has 220 valence electrons. The second-order valence-corrected chi connectivity index (χ2v) is 11.3. The van der Waals surface area contributed by atoms with Gasteiger partial charge in [0.2, 0.25) is 17.7 Å². The quantitative estimate of drug-likeness (QED) is 0.254. The highest BCUT2D eigenvalue weighted by Crippen LogP contribution is 2.27. The Kier molecular flexibility index (Phi) is 14.6. The van der Waals surface area contributed by atoms with Gasteiger partial charge in [0.1, 0.15) is 17.7 Å².